The molecule has 24 heavy (non-hydrogen) atoms. The summed E-state index contributed by atoms with van der Waals surface area (Å²) in [6.45, 7) is 1.83. The van der Waals surface area contributed by atoms with Crippen molar-refractivity contribution in [1.82, 2.24) is 0 Å². The van der Waals surface area contributed by atoms with Gasteiger partial charge in [-0.25, -0.2) is 5.26 Å². The summed E-state index contributed by atoms with van der Waals surface area (Å²) in [4.78, 5) is 29.6. The lowest BCUT2D eigenvalue weighted by atomic mass is 9.80. The molecule has 1 N–H and O–H groups in total. The number of rotatable bonds is 4. The Labute approximate surface area is 143 Å². The van der Waals surface area contributed by atoms with Crippen LogP contribution in [0.15, 0.2) is 42.5 Å². The Balaban J connectivity index is 2.26. The molecule has 0 saturated carbocycles. The topological polar surface area (TPSA) is 72.8 Å². The number of fused-ring (bicyclic) bond motifs is 2. The van der Waals surface area contributed by atoms with Gasteiger partial charge in [-0.2, -0.15) is 4.89 Å². The second kappa shape index (κ2) is 6.36. The summed E-state index contributed by atoms with van der Waals surface area (Å²) in [7, 11) is 0. The highest BCUT2D eigenvalue weighted by atomic mass is 35.5. The molecule has 1 aliphatic carbocycles. The van der Waals surface area contributed by atoms with Crippen LogP contribution in [-0.4, -0.2) is 17.0 Å². The van der Waals surface area contributed by atoms with Crippen molar-refractivity contribution >= 4 is 23.4 Å². The minimum Gasteiger partial charge on any atom is -0.421 e. The van der Waals surface area contributed by atoms with Gasteiger partial charge in [0.1, 0.15) is 0 Å². The van der Waals surface area contributed by atoms with Crippen LogP contribution in [0.3, 0.4) is 0 Å². The molecule has 2 aromatic carbocycles. The maximum absolute atomic E-state index is 12.7. The highest BCUT2D eigenvalue weighted by Gasteiger charge is 2.49. The van der Waals surface area contributed by atoms with E-state index in [1.54, 1.807) is 30.3 Å². The molecule has 5 nitrogen and oxygen atoms in total. The highest BCUT2D eigenvalue weighted by Crippen LogP contribution is 2.44. The number of esters is 1. The van der Waals surface area contributed by atoms with Crippen LogP contribution in [0.4, 0.5) is 0 Å². The van der Waals surface area contributed by atoms with Gasteiger partial charge in [0.15, 0.2) is 5.78 Å². The van der Waals surface area contributed by atoms with Crippen LogP contribution in [0.1, 0.15) is 46.8 Å². The largest absolute Gasteiger partial charge is 0.421 e. The molecule has 1 aliphatic rings. The molecule has 3 rings (SSSR count). The number of ether oxygens (including phenoxy) is 1. The van der Waals surface area contributed by atoms with Crippen molar-refractivity contribution in [1.29, 1.82) is 0 Å². The van der Waals surface area contributed by atoms with E-state index in [0.29, 0.717) is 11.4 Å². The maximum atomic E-state index is 12.7. The second-order valence-corrected chi connectivity index (χ2v) is 5.93. The first-order valence-corrected chi connectivity index (χ1v) is 7.90. The van der Waals surface area contributed by atoms with Crippen LogP contribution in [-0.2, 0) is 20.2 Å². The first-order chi connectivity index (χ1) is 11.5. The van der Waals surface area contributed by atoms with Crippen molar-refractivity contribution < 1.29 is 24.5 Å². The number of hydrogen-bond donors (Lipinski definition) is 1. The van der Waals surface area contributed by atoms with Crippen LogP contribution in [0.5, 0.6) is 0 Å². The number of carbonyl (C=O) groups is 2. The monoisotopic (exact) mass is 346 g/mol. The van der Waals surface area contributed by atoms with Crippen molar-refractivity contribution in [3.05, 3.63) is 69.7 Å². The van der Waals surface area contributed by atoms with E-state index in [2.05, 4.69) is 0 Å². The molecule has 0 heterocycles. The average Bonchev–Trinajstić information content (AvgIpc) is 2.59. The fraction of sp³-hybridized carbons (Fsp3) is 0.222. The summed E-state index contributed by atoms with van der Waals surface area (Å²) in [5.74, 6) is -2.71. The highest BCUT2D eigenvalue weighted by molar-refractivity contribution is 6.31. The van der Waals surface area contributed by atoms with Crippen LogP contribution < -0.4 is 0 Å². The van der Waals surface area contributed by atoms with Gasteiger partial charge in [0.2, 0.25) is 0 Å². The summed E-state index contributed by atoms with van der Waals surface area (Å²) < 4.78 is 5.50. The molecule has 6 heteroatoms. The summed E-state index contributed by atoms with van der Waals surface area (Å²) in [6.07, 6.45) is 0.735. The van der Waals surface area contributed by atoms with Gasteiger partial charge in [0.25, 0.3) is 5.79 Å². The SMILES string of the molecule is CCCC(=O)OC1(OO)c2ccccc2C(=O)c2cc(Cl)ccc21. The van der Waals surface area contributed by atoms with E-state index in [1.807, 2.05) is 6.92 Å². The number of ketones is 1. The molecule has 2 aromatic rings. The van der Waals surface area contributed by atoms with Gasteiger partial charge in [0, 0.05) is 33.7 Å². The molecule has 0 bridgehead atoms. The lowest BCUT2D eigenvalue weighted by Crippen LogP contribution is -2.41. The molecule has 0 radical (unpaired) electrons. The fourth-order valence-electron chi connectivity index (χ4n) is 2.89. The minimum atomic E-state index is -1.89. The van der Waals surface area contributed by atoms with Crippen molar-refractivity contribution in [2.75, 3.05) is 0 Å². The molecular formula is C18H15ClO5. The van der Waals surface area contributed by atoms with E-state index in [4.69, 9.17) is 21.2 Å². The molecule has 124 valence electrons. The second-order valence-electron chi connectivity index (χ2n) is 5.50. The van der Waals surface area contributed by atoms with E-state index in [9.17, 15) is 14.8 Å². The third-order valence-electron chi connectivity index (χ3n) is 3.95. The molecule has 0 spiro atoms. The molecule has 0 fully saturated rings. The lowest BCUT2D eigenvalue weighted by Gasteiger charge is -2.36. The standard InChI is InChI=1S/C18H15ClO5/c1-2-5-16(20)23-18(24-22)14-7-4-3-6-12(14)17(21)13-10-11(19)8-9-15(13)18/h3-4,6-10,22H,2,5H2,1H3. The number of halogens is 1. The Kier molecular flexibility index (Phi) is 4.41. The molecule has 0 aliphatic heterocycles. The van der Waals surface area contributed by atoms with E-state index >= 15 is 0 Å². The zero-order chi connectivity index (χ0) is 17.3. The van der Waals surface area contributed by atoms with E-state index in [1.165, 1.54) is 12.1 Å². The summed E-state index contributed by atoms with van der Waals surface area (Å²) in [6, 6.07) is 11.1. The molecular weight excluding hydrogens is 332 g/mol. The molecule has 0 saturated heterocycles. The van der Waals surface area contributed by atoms with Crippen molar-refractivity contribution in [3.8, 4) is 0 Å². The first-order valence-electron chi connectivity index (χ1n) is 7.52. The first kappa shape index (κ1) is 16.6. The zero-order valence-electron chi connectivity index (χ0n) is 12.9. The Morgan fingerprint density at radius 2 is 1.88 bits per heavy atom. The van der Waals surface area contributed by atoms with Crippen LogP contribution in [0.2, 0.25) is 5.02 Å². The molecule has 0 aromatic heterocycles. The van der Waals surface area contributed by atoms with E-state index < -0.39 is 11.8 Å². The Bertz CT molecular complexity index is 817. The number of benzene rings is 2. The number of carbonyl (C=O) groups excluding carboxylic acids is 2. The van der Waals surface area contributed by atoms with Gasteiger partial charge in [-0.05, 0) is 24.6 Å². The van der Waals surface area contributed by atoms with Crippen LogP contribution >= 0.6 is 11.6 Å². The lowest BCUT2D eigenvalue weighted by molar-refractivity contribution is -0.384. The van der Waals surface area contributed by atoms with Gasteiger partial charge in [-0.15, -0.1) is 0 Å². The van der Waals surface area contributed by atoms with Crippen LogP contribution in [0.25, 0.3) is 0 Å². The normalized spacial score (nSPS) is 18.7. The van der Waals surface area contributed by atoms with Gasteiger partial charge in [0.05, 0.1) is 0 Å². The molecule has 1 unspecified atom stereocenters. The van der Waals surface area contributed by atoms with E-state index in [-0.39, 0.29) is 34.5 Å². The fourth-order valence-corrected chi connectivity index (χ4v) is 3.06. The molecule has 1 atom stereocenters. The summed E-state index contributed by atoms with van der Waals surface area (Å²) >= 11 is 6.00. The van der Waals surface area contributed by atoms with Crippen molar-refractivity contribution in [3.63, 3.8) is 0 Å². The maximum Gasteiger partial charge on any atom is 0.308 e. The third kappa shape index (κ3) is 2.51. The van der Waals surface area contributed by atoms with Crippen LogP contribution in [0, 0.1) is 0 Å². The summed E-state index contributed by atoms with van der Waals surface area (Å²) in [5.41, 5.74) is 1.02. The van der Waals surface area contributed by atoms with Gasteiger partial charge in [-0.1, -0.05) is 42.8 Å². The Morgan fingerprint density at radius 3 is 2.58 bits per heavy atom. The third-order valence-corrected chi connectivity index (χ3v) is 4.18. The van der Waals surface area contributed by atoms with Gasteiger partial charge >= 0.3 is 5.97 Å². The Morgan fingerprint density at radius 1 is 1.17 bits per heavy atom. The van der Waals surface area contributed by atoms with Gasteiger partial charge < -0.3 is 4.74 Å². The number of hydrogen-bond acceptors (Lipinski definition) is 5. The van der Waals surface area contributed by atoms with Crippen molar-refractivity contribution in [2.45, 2.75) is 25.6 Å². The average molecular weight is 347 g/mol. The van der Waals surface area contributed by atoms with E-state index in [0.717, 1.165) is 0 Å². The predicted molar refractivity (Wildman–Crippen MR) is 86.8 cm³/mol. The smallest absolute Gasteiger partial charge is 0.308 e. The quantitative estimate of drug-likeness (QED) is 0.393. The Hall–Kier alpha value is -2.21. The molecule has 0 amide bonds. The zero-order valence-corrected chi connectivity index (χ0v) is 13.7. The van der Waals surface area contributed by atoms with Crippen molar-refractivity contribution in [2.24, 2.45) is 0 Å². The summed E-state index contributed by atoms with van der Waals surface area (Å²) in [5, 5.41) is 10.0. The van der Waals surface area contributed by atoms with Gasteiger partial charge in [-0.3, -0.25) is 9.59 Å². The minimum absolute atomic E-state index is 0.157. The predicted octanol–water partition coefficient (Wildman–Crippen LogP) is 3.92.